The van der Waals surface area contributed by atoms with E-state index >= 15 is 0 Å². The van der Waals surface area contributed by atoms with Crippen LogP contribution in [0.25, 0.3) is 21.7 Å². The van der Waals surface area contributed by atoms with Gasteiger partial charge in [0, 0.05) is 28.6 Å². The Morgan fingerprint density at radius 3 is 2.61 bits per heavy atom. The molecule has 0 fully saturated rings. The second-order valence-corrected chi connectivity index (χ2v) is 7.82. The van der Waals surface area contributed by atoms with Gasteiger partial charge in [0.2, 0.25) is 5.13 Å². The molecule has 7 nitrogen and oxygen atoms in total. The molecule has 3 heterocycles. The largest absolute Gasteiger partial charge is 0.494 e. The summed E-state index contributed by atoms with van der Waals surface area (Å²) >= 11 is 7.25. The number of nitrogens with one attached hydrogen (secondary N) is 1. The number of methoxy groups -OCH3 is 1. The number of nitrogens with zero attached hydrogens (tertiary/aromatic N) is 4. The van der Waals surface area contributed by atoms with E-state index < -0.39 is 5.91 Å². The number of ether oxygens (including phenoxy) is 1. The number of benzene rings is 1. The highest BCUT2D eigenvalue weighted by Gasteiger charge is 2.19. The highest BCUT2D eigenvalue weighted by atomic mass is 35.5. The molecule has 0 unspecified atom stereocenters. The van der Waals surface area contributed by atoms with E-state index in [0.717, 1.165) is 5.69 Å². The Bertz CT molecular complexity index is 1260. The first-order valence-electron chi connectivity index (χ1n) is 9.02. The van der Waals surface area contributed by atoms with E-state index in [2.05, 4.69) is 25.5 Å². The minimum atomic E-state index is -0.417. The molecule has 4 aromatic rings. The number of halogens is 2. The second-order valence-electron chi connectivity index (χ2n) is 6.45. The maximum Gasteiger partial charge on any atom is 0.259 e. The number of pyridine rings is 2. The zero-order valence-corrected chi connectivity index (χ0v) is 18.0. The van der Waals surface area contributed by atoms with Crippen LogP contribution in [-0.4, -0.2) is 33.2 Å². The zero-order valence-electron chi connectivity index (χ0n) is 16.4. The van der Waals surface area contributed by atoms with Gasteiger partial charge in [-0.15, -0.1) is 10.2 Å². The smallest absolute Gasteiger partial charge is 0.259 e. The van der Waals surface area contributed by atoms with Crippen molar-refractivity contribution in [2.75, 3.05) is 12.4 Å². The van der Waals surface area contributed by atoms with Crippen LogP contribution in [0.15, 0.2) is 48.8 Å². The van der Waals surface area contributed by atoms with Gasteiger partial charge in [0.15, 0.2) is 0 Å². The molecule has 156 valence electrons. The third-order valence-electron chi connectivity index (χ3n) is 4.37. The average Bonchev–Trinajstić information content (AvgIpc) is 3.22. The van der Waals surface area contributed by atoms with Gasteiger partial charge in [-0.1, -0.05) is 22.9 Å². The van der Waals surface area contributed by atoms with Gasteiger partial charge in [-0.25, -0.2) is 9.37 Å². The summed E-state index contributed by atoms with van der Waals surface area (Å²) in [6.07, 6.45) is 2.98. The van der Waals surface area contributed by atoms with Gasteiger partial charge >= 0.3 is 0 Å². The molecule has 1 N–H and O–H groups in total. The van der Waals surface area contributed by atoms with Gasteiger partial charge in [0.25, 0.3) is 5.91 Å². The highest BCUT2D eigenvalue weighted by molar-refractivity contribution is 7.18. The molecule has 1 aromatic carbocycles. The van der Waals surface area contributed by atoms with Gasteiger partial charge in [-0.2, -0.15) is 0 Å². The summed E-state index contributed by atoms with van der Waals surface area (Å²) in [7, 11) is 1.51. The van der Waals surface area contributed by atoms with Crippen molar-refractivity contribution in [3.8, 4) is 27.4 Å². The topological polar surface area (TPSA) is 89.9 Å². The quantitative estimate of drug-likeness (QED) is 0.425. The number of carbonyl (C=O) groups is 1. The number of hydrogen-bond acceptors (Lipinski definition) is 7. The third kappa shape index (κ3) is 4.52. The molecule has 0 aliphatic heterocycles. The first kappa shape index (κ1) is 20.8. The first-order valence-corrected chi connectivity index (χ1v) is 10.2. The molecule has 1 amide bonds. The van der Waals surface area contributed by atoms with E-state index in [4.69, 9.17) is 16.3 Å². The molecular formula is C21H15ClFN5O2S. The Hall–Kier alpha value is -3.43. The number of aromatic nitrogens is 4. The first-order chi connectivity index (χ1) is 14.9. The number of hydrogen-bond donors (Lipinski definition) is 1. The van der Waals surface area contributed by atoms with Crippen LogP contribution in [0.3, 0.4) is 0 Å². The van der Waals surface area contributed by atoms with Gasteiger partial charge < -0.3 is 4.74 Å². The number of anilines is 1. The molecular weight excluding hydrogens is 441 g/mol. The predicted octanol–water partition coefficient (Wildman–Crippen LogP) is 5.02. The SMILES string of the molecule is COc1cnc(Cl)cc1-c1cc(C)ncc1C(=O)Nc1nnc(-c2ccc(F)cc2)s1. The fraction of sp³-hybridized carbons (Fsp3) is 0.0952. The van der Waals surface area contributed by atoms with Crippen molar-refractivity contribution < 1.29 is 13.9 Å². The van der Waals surface area contributed by atoms with Crippen LogP contribution in [0.4, 0.5) is 9.52 Å². The lowest BCUT2D eigenvalue weighted by Crippen LogP contribution is -2.14. The molecule has 0 aliphatic rings. The maximum absolute atomic E-state index is 13.1. The molecule has 0 radical (unpaired) electrons. The lowest BCUT2D eigenvalue weighted by Gasteiger charge is -2.13. The van der Waals surface area contributed by atoms with Crippen molar-refractivity contribution in [2.45, 2.75) is 6.92 Å². The van der Waals surface area contributed by atoms with Crippen molar-refractivity contribution in [3.05, 3.63) is 71.0 Å². The van der Waals surface area contributed by atoms with Crippen LogP contribution in [0.2, 0.25) is 5.15 Å². The van der Waals surface area contributed by atoms with E-state index in [-0.39, 0.29) is 11.0 Å². The third-order valence-corrected chi connectivity index (χ3v) is 5.46. The van der Waals surface area contributed by atoms with Crippen LogP contribution < -0.4 is 10.1 Å². The summed E-state index contributed by atoms with van der Waals surface area (Å²) in [6, 6.07) is 9.28. The second kappa shape index (κ2) is 8.75. The molecule has 0 spiro atoms. The Labute approximate surface area is 185 Å². The van der Waals surface area contributed by atoms with Crippen LogP contribution in [-0.2, 0) is 0 Å². The molecule has 0 aliphatic carbocycles. The molecule has 31 heavy (non-hydrogen) atoms. The fourth-order valence-electron chi connectivity index (χ4n) is 2.90. The summed E-state index contributed by atoms with van der Waals surface area (Å²) < 4.78 is 18.5. The maximum atomic E-state index is 13.1. The lowest BCUT2D eigenvalue weighted by molar-refractivity contribution is 0.102. The monoisotopic (exact) mass is 455 g/mol. The van der Waals surface area contributed by atoms with Gasteiger partial charge in [0.1, 0.15) is 21.7 Å². The Morgan fingerprint density at radius 1 is 1.10 bits per heavy atom. The number of amides is 1. The normalized spacial score (nSPS) is 10.7. The van der Waals surface area contributed by atoms with Crippen molar-refractivity contribution in [1.29, 1.82) is 0 Å². The molecule has 3 aromatic heterocycles. The number of rotatable bonds is 5. The van der Waals surface area contributed by atoms with Gasteiger partial charge in [0.05, 0.1) is 18.9 Å². The summed E-state index contributed by atoms with van der Waals surface area (Å²) in [5.74, 6) is -0.286. The molecule has 0 saturated carbocycles. The number of aryl methyl sites for hydroxylation is 1. The summed E-state index contributed by atoms with van der Waals surface area (Å²) in [4.78, 5) is 21.3. The minimum Gasteiger partial charge on any atom is -0.494 e. The van der Waals surface area contributed by atoms with Gasteiger partial charge in [-0.3, -0.25) is 15.1 Å². The van der Waals surface area contributed by atoms with E-state index in [1.807, 2.05) is 6.92 Å². The Balaban J connectivity index is 1.66. The van der Waals surface area contributed by atoms with Gasteiger partial charge in [-0.05, 0) is 43.3 Å². The minimum absolute atomic E-state index is 0.268. The number of carbonyl (C=O) groups excluding carboxylic acids is 1. The van der Waals surface area contributed by atoms with E-state index in [1.54, 1.807) is 24.3 Å². The predicted molar refractivity (Wildman–Crippen MR) is 117 cm³/mol. The van der Waals surface area contributed by atoms with Crippen LogP contribution in [0.1, 0.15) is 16.1 Å². The van der Waals surface area contributed by atoms with Crippen molar-refractivity contribution >= 4 is 34.0 Å². The molecule has 10 heteroatoms. The van der Waals surface area contributed by atoms with Crippen LogP contribution >= 0.6 is 22.9 Å². The van der Waals surface area contributed by atoms with E-state index in [1.165, 1.54) is 43.0 Å². The molecule has 0 atom stereocenters. The Kier molecular flexibility index (Phi) is 5.88. The molecule has 0 saturated heterocycles. The van der Waals surface area contributed by atoms with Crippen molar-refractivity contribution in [2.24, 2.45) is 0 Å². The highest BCUT2D eigenvalue weighted by Crippen LogP contribution is 2.34. The standard InChI is InChI=1S/C21H15ClFN5O2S/c1-11-7-14(15-8-18(22)25-10-17(15)30-2)16(9-24-11)19(29)26-21-28-27-20(31-21)12-3-5-13(23)6-4-12/h3-10H,1-2H3,(H,26,28,29). The summed E-state index contributed by atoms with van der Waals surface area (Å²) in [6.45, 7) is 1.82. The van der Waals surface area contributed by atoms with E-state index in [0.29, 0.717) is 38.1 Å². The zero-order chi connectivity index (χ0) is 22.0. The summed E-state index contributed by atoms with van der Waals surface area (Å²) in [5.41, 5.74) is 2.94. The fourth-order valence-corrected chi connectivity index (χ4v) is 3.80. The van der Waals surface area contributed by atoms with Crippen molar-refractivity contribution in [1.82, 2.24) is 20.2 Å². The molecule has 4 rings (SSSR count). The lowest BCUT2D eigenvalue weighted by atomic mass is 10.0. The van der Waals surface area contributed by atoms with Crippen LogP contribution in [0, 0.1) is 12.7 Å². The molecule has 0 bridgehead atoms. The van der Waals surface area contributed by atoms with Crippen LogP contribution in [0.5, 0.6) is 5.75 Å². The average molecular weight is 456 g/mol. The van der Waals surface area contributed by atoms with Crippen molar-refractivity contribution in [3.63, 3.8) is 0 Å². The summed E-state index contributed by atoms with van der Waals surface area (Å²) in [5, 5.41) is 12.0. The Morgan fingerprint density at radius 2 is 1.87 bits per heavy atom. The van der Waals surface area contributed by atoms with E-state index in [9.17, 15) is 9.18 Å².